The van der Waals surface area contributed by atoms with Gasteiger partial charge in [-0.25, -0.2) is 0 Å². The normalized spacial score (nSPS) is 25.1. The van der Waals surface area contributed by atoms with Crippen LogP contribution in [0.15, 0.2) is 78.9 Å². The Balaban J connectivity index is 1.58. The number of para-hydroxylation sites is 3. The summed E-state index contributed by atoms with van der Waals surface area (Å²) >= 11 is 0. The first-order valence-corrected chi connectivity index (χ1v) is 13.2. The molecule has 4 aromatic carbocycles. The quantitative estimate of drug-likeness (QED) is 0.271. The largest absolute Gasteiger partial charge is 0.335 e. The van der Waals surface area contributed by atoms with Crippen molar-refractivity contribution >= 4 is 56.3 Å². The lowest BCUT2D eigenvalue weighted by Gasteiger charge is -2.52. The van der Waals surface area contributed by atoms with Gasteiger partial charge in [-0.3, -0.25) is 0 Å². The number of nitrogens with zero attached hydrogens (tertiary/aromatic N) is 2. The maximum atomic E-state index is 2.80. The van der Waals surface area contributed by atoms with Crippen molar-refractivity contribution in [2.75, 3.05) is 4.90 Å². The van der Waals surface area contributed by atoms with E-state index in [0.29, 0.717) is 0 Å². The molecule has 0 spiro atoms. The van der Waals surface area contributed by atoms with Gasteiger partial charge < -0.3 is 9.47 Å². The van der Waals surface area contributed by atoms with E-state index in [2.05, 4.69) is 102 Å². The van der Waals surface area contributed by atoms with Crippen LogP contribution in [0.1, 0.15) is 45.1 Å². The molecule has 1 aliphatic carbocycles. The zero-order chi connectivity index (χ0) is 23.1. The molecule has 4 heterocycles. The molecule has 4 aliphatic rings. The topological polar surface area (TPSA) is 8.17 Å². The number of aromatic nitrogens is 1. The van der Waals surface area contributed by atoms with Gasteiger partial charge in [0.05, 0.1) is 16.6 Å². The van der Waals surface area contributed by atoms with Crippen LogP contribution in [0.2, 0.25) is 0 Å². The van der Waals surface area contributed by atoms with Gasteiger partial charge in [0.25, 0.3) is 6.71 Å². The van der Waals surface area contributed by atoms with Crippen molar-refractivity contribution in [3.63, 3.8) is 0 Å². The maximum absolute atomic E-state index is 2.80. The van der Waals surface area contributed by atoms with E-state index in [4.69, 9.17) is 0 Å². The Bertz CT molecular complexity index is 1760. The summed E-state index contributed by atoms with van der Waals surface area (Å²) in [6.45, 7) is 5.41. The van der Waals surface area contributed by atoms with Crippen LogP contribution in [-0.4, -0.2) is 16.8 Å². The van der Waals surface area contributed by atoms with Crippen LogP contribution < -0.4 is 21.3 Å². The minimum absolute atomic E-state index is 0.0988. The van der Waals surface area contributed by atoms with Crippen molar-refractivity contribution < 1.29 is 0 Å². The summed E-state index contributed by atoms with van der Waals surface area (Å²) in [5, 5.41) is 2.82. The predicted molar refractivity (Wildman–Crippen MR) is 148 cm³/mol. The molecular weight excluding hydrogens is 423 g/mol. The summed E-state index contributed by atoms with van der Waals surface area (Å²) in [6.07, 6.45) is 5.15. The van der Waals surface area contributed by atoms with E-state index in [1.165, 1.54) is 75.5 Å². The molecule has 3 aliphatic heterocycles. The molecular formula is C32H27BN2. The molecule has 2 nitrogen and oxygen atoms in total. The Morgan fingerprint density at radius 1 is 0.743 bits per heavy atom. The molecule has 1 fully saturated rings. The van der Waals surface area contributed by atoms with E-state index in [-0.39, 0.29) is 17.7 Å². The summed E-state index contributed by atoms with van der Waals surface area (Å²) in [7, 11) is 0. The molecule has 0 radical (unpaired) electrons. The molecule has 2 atom stereocenters. The predicted octanol–water partition coefficient (Wildman–Crippen LogP) is 5.67. The van der Waals surface area contributed by atoms with Crippen LogP contribution in [-0.2, 0) is 5.41 Å². The van der Waals surface area contributed by atoms with Gasteiger partial charge in [0.15, 0.2) is 0 Å². The third kappa shape index (κ3) is 1.86. The highest BCUT2D eigenvalue weighted by atomic mass is 15.3. The van der Waals surface area contributed by atoms with Crippen molar-refractivity contribution in [1.82, 2.24) is 4.57 Å². The summed E-state index contributed by atoms with van der Waals surface area (Å²) in [6, 6.07) is 30.1. The molecule has 0 amide bonds. The lowest BCUT2D eigenvalue weighted by atomic mass is 9.33. The van der Waals surface area contributed by atoms with Gasteiger partial charge in [-0.1, -0.05) is 74.4 Å². The Morgan fingerprint density at radius 3 is 2.29 bits per heavy atom. The number of hydrogen-bond donors (Lipinski definition) is 0. The third-order valence-corrected chi connectivity index (χ3v) is 10.3. The van der Waals surface area contributed by atoms with E-state index in [1.54, 1.807) is 11.0 Å². The lowest BCUT2D eigenvalue weighted by Crippen LogP contribution is -2.63. The monoisotopic (exact) mass is 450 g/mol. The van der Waals surface area contributed by atoms with Gasteiger partial charge in [-0.05, 0) is 66.0 Å². The van der Waals surface area contributed by atoms with Gasteiger partial charge in [0.1, 0.15) is 0 Å². The van der Waals surface area contributed by atoms with E-state index in [0.717, 1.165) is 0 Å². The zero-order valence-electron chi connectivity index (χ0n) is 20.3. The van der Waals surface area contributed by atoms with Gasteiger partial charge >= 0.3 is 0 Å². The van der Waals surface area contributed by atoms with E-state index >= 15 is 0 Å². The molecule has 9 rings (SSSR count). The number of rotatable bonds is 0. The molecule has 0 saturated heterocycles. The Kier molecular flexibility index (Phi) is 3.14. The van der Waals surface area contributed by atoms with Gasteiger partial charge in [0.2, 0.25) is 0 Å². The summed E-state index contributed by atoms with van der Waals surface area (Å²) in [5.41, 5.74) is 13.3. The Morgan fingerprint density at radius 2 is 1.43 bits per heavy atom. The van der Waals surface area contributed by atoms with Crippen molar-refractivity contribution in [3.8, 4) is 5.69 Å². The van der Waals surface area contributed by atoms with Crippen LogP contribution >= 0.6 is 0 Å². The first-order chi connectivity index (χ1) is 17.1. The van der Waals surface area contributed by atoms with Crippen molar-refractivity contribution in [2.45, 2.75) is 50.5 Å². The fraction of sp³-hybridized carbons (Fsp3) is 0.250. The minimum Gasteiger partial charge on any atom is -0.335 e. The molecule has 0 bridgehead atoms. The second-order valence-corrected chi connectivity index (χ2v) is 11.6. The highest BCUT2D eigenvalue weighted by Gasteiger charge is 2.61. The number of hydrogen-bond acceptors (Lipinski definition) is 1. The first-order valence-electron chi connectivity index (χ1n) is 13.2. The fourth-order valence-corrected chi connectivity index (χ4v) is 8.59. The standard InChI is InChI=1S/C32H27BN2/c1-31-17-9-10-18-32(31,2)35-27-16-8-5-13-24(27)33-23-12-4-7-15-26(23)34-25-14-6-3-11-20(25)21-19-22(31)30(35)28(33)29(21)34/h3-8,11-16,19H,9-10,17-18H2,1-2H3. The number of benzene rings is 4. The highest BCUT2D eigenvalue weighted by molar-refractivity contribution is 7.00. The SMILES string of the molecule is CC12CCCCC1(C)N1c3ccccc3B3c4ccccc4-n4c5ccccc5c5cc2c1c3c54. The summed E-state index contributed by atoms with van der Waals surface area (Å²) in [4.78, 5) is 2.80. The minimum atomic E-state index is 0.0988. The molecule has 1 aromatic heterocycles. The van der Waals surface area contributed by atoms with Gasteiger partial charge in [-0.2, -0.15) is 0 Å². The van der Waals surface area contributed by atoms with Crippen molar-refractivity contribution in [3.05, 3.63) is 84.4 Å². The summed E-state index contributed by atoms with van der Waals surface area (Å²) in [5.74, 6) is 0. The third-order valence-electron chi connectivity index (χ3n) is 10.3. The Labute approximate surface area is 206 Å². The molecule has 1 saturated carbocycles. The lowest BCUT2D eigenvalue weighted by molar-refractivity contribution is 0.195. The van der Waals surface area contributed by atoms with Crippen molar-refractivity contribution in [1.29, 1.82) is 0 Å². The van der Waals surface area contributed by atoms with Gasteiger partial charge in [0, 0.05) is 33.2 Å². The van der Waals surface area contributed by atoms with E-state index < -0.39 is 0 Å². The van der Waals surface area contributed by atoms with Gasteiger partial charge in [-0.15, -0.1) is 0 Å². The average Bonchev–Trinajstić information content (AvgIpc) is 3.34. The van der Waals surface area contributed by atoms with Crippen LogP contribution in [0, 0.1) is 0 Å². The molecule has 0 N–H and O–H groups in total. The van der Waals surface area contributed by atoms with E-state index in [9.17, 15) is 0 Å². The average molecular weight is 450 g/mol. The Hall–Kier alpha value is -3.46. The fourth-order valence-electron chi connectivity index (χ4n) is 8.59. The van der Waals surface area contributed by atoms with Crippen LogP contribution in [0.25, 0.3) is 27.5 Å². The zero-order valence-corrected chi connectivity index (χ0v) is 20.3. The molecule has 35 heavy (non-hydrogen) atoms. The molecule has 3 heteroatoms. The number of fused-ring (bicyclic) bond motifs is 12. The van der Waals surface area contributed by atoms with E-state index in [1.807, 2.05) is 0 Å². The maximum Gasteiger partial charge on any atom is 0.252 e. The van der Waals surface area contributed by atoms with Crippen molar-refractivity contribution in [2.24, 2.45) is 0 Å². The summed E-state index contributed by atoms with van der Waals surface area (Å²) < 4.78 is 2.57. The molecule has 168 valence electrons. The number of anilines is 2. The second-order valence-electron chi connectivity index (χ2n) is 11.6. The molecule has 2 unspecified atom stereocenters. The highest BCUT2D eigenvalue weighted by Crippen LogP contribution is 2.62. The first kappa shape index (κ1) is 18.8. The van der Waals surface area contributed by atoms with Crippen LogP contribution in [0.4, 0.5) is 11.4 Å². The smallest absolute Gasteiger partial charge is 0.252 e. The molecule has 5 aromatic rings. The van der Waals surface area contributed by atoms with Crippen LogP contribution in [0.5, 0.6) is 0 Å². The van der Waals surface area contributed by atoms with Crippen LogP contribution in [0.3, 0.4) is 0 Å². The second kappa shape index (κ2) is 5.84.